The van der Waals surface area contributed by atoms with Gasteiger partial charge in [0.25, 0.3) is 5.91 Å². The minimum Gasteiger partial charge on any atom is -0.497 e. The number of amides is 1. The Morgan fingerprint density at radius 2 is 1.76 bits per heavy atom. The maximum atomic E-state index is 12.4. The number of ether oxygens (including phenoxy) is 1. The lowest BCUT2D eigenvalue weighted by Gasteiger charge is -2.26. The number of nitrogens with zero attached hydrogens (tertiary/aromatic N) is 1. The van der Waals surface area contributed by atoms with Crippen LogP contribution in [0.4, 0.5) is 5.69 Å². The third-order valence-electron chi connectivity index (χ3n) is 6.71. The van der Waals surface area contributed by atoms with E-state index in [9.17, 15) is 9.59 Å². The Balaban J connectivity index is 0.000000302. The minimum absolute atomic E-state index is 0.101. The fourth-order valence-electron chi connectivity index (χ4n) is 4.50. The van der Waals surface area contributed by atoms with Crippen molar-refractivity contribution in [1.29, 1.82) is 0 Å². The third-order valence-corrected chi connectivity index (χ3v) is 6.71. The zero-order valence-corrected chi connectivity index (χ0v) is 20.4. The molecule has 0 aromatic heterocycles. The van der Waals surface area contributed by atoms with Crippen molar-refractivity contribution in [2.45, 2.75) is 57.4 Å². The smallest absolute Gasteiger partial charge is 0.255 e. The van der Waals surface area contributed by atoms with E-state index in [1.54, 1.807) is 31.4 Å². The van der Waals surface area contributed by atoms with Crippen molar-refractivity contribution >= 4 is 17.9 Å². The molecule has 1 heterocycles. The predicted molar refractivity (Wildman–Crippen MR) is 137 cm³/mol. The van der Waals surface area contributed by atoms with Crippen molar-refractivity contribution in [3.63, 3.8) is 0 Å². The van der Waals surface area contributed by atoms with E-state index >= 15 is 0 Å². The molecule has 6 nitrogen and oxygen atoms in total. The summed E-state index contributed by atoms with van der Waals surface area (Å²) in [5.74, 6) is 0.955. The van der Waals surface area contributed by atoms with Gasteiger partial charge in [-0.25, -0.2) is 0 Å². The molecule has 6 heteroatoms. The third kappa shape index (κ3) is 8.58. The molecule has 0 spiro atoms. The average molecular weight is 466 g/mol. The van der Waals surface area contributed by atoms with Crippen LogP contribution in [-0.4, -0.2) is 49.9 Å². The number of carbonyl (C=O) groups is 2. The van der Waals surface area contributed by atoms with E-state index in [-0.39, 0.29) is 5.91 Å². The first kappa shape index (κ1) is 25.9. The Morgan fingerprint density at radius 1 is 1.06 bits per heavy atom. The molecule has 1 aliphatic heterocycles. The summed E-state index contributed by atoms with van der Waals surface area (Å²) in [6.45, 7) is 3.53. The van der Waals surface area contributed by atoms with Gasteiger partial charge in [-0.1, -0.05) is 18.6 Å². The van der Waals surface area contributed by atoms with Crippen LogP contribution in [0.1, 0.15) is 60.9 Å². The maximum Gasteiger partial charge on any atom is 0.255 e. The van der Waals surface area contributed by atoms with Crippen molar-refractivity contribution in [1.82, 2.24) is 4.90 Å². The number of hydrogen-bond acceptors (Lipinski definition) is 5. The summed E-state index contributed by atoms with van der Waals surface area (Å²) in [6, 6.07) is 15.6. The second kappa shape index (κ2) is 13.9. The Bertz CT molecular complexity index is 886. The van der Waals surface area contributed by atoms with E-state index in [2.05, 4.69) is 22.3 Å². The number of nitrogens with one attached hydrogen (secondary N) is 1. The van der Waals surface area contributed by atoms with Gasteiger partial charge in [0.05, 0.1) is 7.11 Å². The van der Waals surface area contributed by atoms with Gasteiger partial charge in [-0.15, -0.1) is 0 Å². The summed E-state index contributed by atoms with van der Waals surface area (Å²) in [4.78, 5) is 25.1. The summed E-state index contributed by atoms with van der Waals surface area (Å²) in [5.41, 5.74) is 8.37. The second-order valence-electron chi connectivity index (χ2n) is 9.35. The van der Waals surface area contributed by atoms with Crippen LogP contribution in [0.15, 0.2) is 48.5 Å². The van der Waals surface area contributed by atoms with Crippen molar-refractivity contribution in [3.8, 4) is 5.75 Å². The van der Waals surface area contributed by atoms with E-state index < -0.39 is 0 Å². The first-order valence-corrected chi connectivity index (χ1v) is 12.5. The SMILES string of the molecule is COc1ccc(C(=O)Nc2cccc(CCN3CCCCC3)c2)cc1.NC1CCC(C=O)CC1. The molecule has 34 heavy (non-hydrogen) atoms. The second-order valence-corrected chi connectivity index (χ2v) is 9.35. The highest BCUT2D eigenvalue weighted by Gasteiger charge is 2.17. The highest BCUT2D eigenvalue weighted by molar-refractivity contribution is 6.04. The van der Waals surface area contributed by atoms with Crippen LogP contribution in [0.3, 0.4) is 0 Å². The Kier molecular flexibility index (Phi) is 10.6. The number of nitrogens with two attached hydrogens (primary N) is 1. The first-order chi connectivity index (χ1) is 16.6. The molecule has 1 saturated heterocycles. The quantitative estimate of drug-likeness (QED) is 0.580. The molecule has 0 radical (unpaired) electrons. The molecule has 1 aliphatic carbocycles. The Morgan fingerprint density at radius 3 is 2.41 bits per heavy atom. The van der Waals surface area contributed by atoms with Gasteiger partial charge in [-0.2, -0.15) is 0 Å². The number of aldehydes is 1. The van der Waals surface area contributed by atoms with E-state index in [4.69, 9.17) is 10.5 Å². The predicted octanol–water partition coefficient (Wildman–Crippen LogP) is 4.68. The molecule has 0 atom stereocenters. The molecule has 1 amide bonds. The van der Waals surface area contributed by atoms with Gasteiger partial charge in [0.2, 0.25) is 0 Å². The van der Waals surface area contributed by atoms with Gasteiger partial charge < -0.3 is 25.5 Å². The Hall–Kier alpha value is -2.70. The van der Waals surface area contributed by atoms with Gasteiger partial charge in [-0.3, -0.25) is 4.79 Å². The molecule has 1 saturated carbocycles. The van der Waals surface area contributed by atoms with E-state index in [1.807, 2.05) is 12.1 Å². The summed E-state index contributed by atoms with van der Waals surface area (Å²) < 4.78 is 5.12. The largest absolute Gasteiger partial charge is 0.497 e. The van der Waals surface area contributed by atoms with Crippen LogP contribution in [0.25, 0.3) is 0 Å². The Labute approximate surface area is 203 Å². The number of carbonyl (C=O) groups excluding carboxylic acids is 2. The van der Waals surface area contributed by atoms with Gasteiger partial charge in [0.1, 0.15) is 12.0 Å². The van der Waals surface area contributed by atoms with Crippen molar-refractivity contribution in [2.24, 2.45) is 11.7 Å². The van der Waals surface area contributed by atoms with Crippen molar-refractivity contribution in [3.05, 3.63) is 59.7 Å². The first-order valence-electron chi connectivity index (χ1n) is 12.5. The lowest BCUT2D eigenvalue weighted by atomic mass is 9.88. The van der Waals surface area contributed by atoms with Crippen LogP contribution in [0, 0.1) is 5.92 Å². The molecular weight excluding hydrogens is 426 g/mol. The number of methoxy groups -OCH3 is 1. The molecular formula is C28H39N3O3. The molecule has 3 N–H and O–H groups in total. The molecule has 2 aromatic rings. The molecule has 2 aromatic carbocycles. The van der Waals surface area contributed by atoms with Crippen LogP contribution in [0.5, 0.6) is 5.75 Å². The fourth-order valence-corrected chi connectivity index (χ4v) is 4.50. The molecule has 0 unspecified atom stereocenters. The van der Waals surface area contributed by atoms with Gasteiger partial charge in [0, 0.05) is 29.8 Å². The highest BCUT2D eigenvalue weighted by atomic mass is 16.5. The fraction of sp³-hybridized carbons (Fsp3) is 0.500. The monoisotopic (exact) mass is 465 g/mol. The molecule has 2 fully saturated rings. The zero-order chi connectivity index (χ0) is 24.2. The molecule has 4 rings (SSSR count). The lowest BCUT2D eigenvalue weighted by molar-refractivity contribution is -0.111. The number of rotatable bonds is 7. The summed E-state index contributed by atoms with van der Waals surface area (Å²) in [5, 5.41) is 2.98. The van der Waals surface area contributed by atoms with Crippen molar-refractivity contribution in [2.75, 3.05) is 32.1 Å². The molecule has 184 valence electrons. The van der Waals surface area contributed by atoms with Crippen LogP contribution >= 0.6 is 0 Å². The number of piperidine rings is 1. The van der Waals surface area contributed by atoms with E-state index in [0.717, 1.165) is 56.4 Å². The maximum absolute atomic E-state index is 12.4. The summed E-state index contributed by atoms with van der Waals surface area (Å²) in [7, 11) is 1.62. The molecule has 2 aliphatic rings. The van der Waals surface area contributed by atoms with Gasteiger partial charge >= 0.3 is 0 Å². The standard InChI is InChI=1S/C21H26N2O2.C7H13NO/c1-25-20-10-8-18(9-11-20)21(24)22-19-7-5-6-17(16-19)12-15-23-13-3-2-4-14-23;8-7-3-1-6(5-9)2-4-7/h5-11,16H,2-4,12-15H2,1H3,(H,22,24);5-7H,1-4,8H2. The number of likely N-dealkylation sites (tertiary alicyclic amines) is 1. The number of anilines is 1. The highest BCUT2D eigenvalue weighted by Crippen LogP contribution is 2.20. The topological polar surface area (TPSA) is 84.7 Å². The normalized spacial score (nSPS) is 20.5. The van der Waals surface area contributed by atoms with Crippen LogP contribution < -0.4 is 15.8 Å². The zero-order valence-electron chi connectivity index (χ0n) is 20.4. The van der Waals surface area contributed by atoms with E-state index in [0.29, 0.717) is 17.5 Å². The van der Waals surface area contributed by atoms with Gasteiger partial charge in [0.15, 0.2) is 0 Å². The lowest BCUT2D eigenvalue weighted by Crippen LogP contribution is -2.31. The summed E-state index contributed by atoms with van der Waals surface area (Å²) >= 11 is 0. The van der Waals surface area contributed by atoms with Crippen LogP contribution in [0.2, 0.25) is 0 Å². The minimum atomic E-state index is -0.101. The summed E-state index contributed by atoms with van der Waals surface area (Å²) in [6.07, 6.45) is 10.2. The number of benzene rings is 2. The van der Waals surface area contributed by atoms with E-state index in [1.165, 1.54) is 37.9 Å². The average Bonchev–Trinajstić information content (AvgIpc) is 2.89. The number of hydrogen-bond donors (Lipinski definition) is 2. The van der Waals surface area contributed by atoms with Crippen LogP contribution in [-0.2, 0) is 11.2 Å². The molecule has 0 bridgehead atoms. The van der Waals surface area contributed by atoms with Gasteiger partial charge in [-0.05, 0) is 100.0 Å². The van der Waals surface area contributed by atoms with Crippen molar-refractivity contribution < 1.29 is 14.3 Å².